The van der Waals surface area contributed by atoms with Crippen LogP contribution >= 0.6 is 0 Å². The van der Waals surface area contributed by atoms with Gasteiger partial charge in [0.2, 0.25) is 5.91 Å². The Kier molecular flexibility index (Phi) is 8.70. The van der Waals surface area contributed by atoms with Gasteiger partial charge < -0.3 is 19.3 Å². The van der Waals surface area contributed by atoms with Crippen molar-refractivity contribution in [2.45, 2.75) is 51.2 Å². The number of nitrogens with zero attached hydrogens (tertiary/aromatic N) is 5. The highest BCUT2D eigenvalue weighted by Gasteiger charge is 2.27. The van der Waals surface area contributed by atoms with Gasteiger partial charge in [0, 0.05) is 46.3 Å². The molecule has 8 heteroatoms. The number of carbonyl (C=O) groups is 1. The van der Waals surface area contributed by atoms with Crippen LogP contribution in [-0.4, -0.2) is 89.6 Å². The first kappa shape index (κ1) is 21.2. The number of ether oxygens (including phenoxy) is 2. The van der Waals surface area contributed by atoms with Crippen molar-refractivity contribution >= 4 is 5.91 Å². The molecule has 1 aromatic heterocycles. The third kappa shape index (κ3) is 6.83. The van der Waals surface area contributed by atoms with Crippen molar-refractivity contribution in [3.05, 3.63) is 12.7 Å². The second kappa shape index (κ2) is 11.5. The van der Waals surface area contributed by atoms with E-state index in [0.29, 0.717) is 12.3 Å². The fourth-order valence-electron chi connectivity index (χ4n) is 4.14. The highest BCUT2D eigenvalue weighted by Crippen LogP contribution is 2.21. The summed E-state index contributed by atoms with van der Waals surface area (Å²) in [4.78, 5) is 21.4. The minimum absolute atomic E-state index is 0.209. The molecule has 2 aliphatic heterocycles. The number of rotatable bonds is 11. The number of carbonyl (C=O) groups excluding carboxylic acids is 1. The van der Waals surface area contributed by atoms with Crippen LogP contribution in [0.1, 0.15) is 38.5 Å². The zero-order chi connectivity index (χ0) is 19.6. The molecule has 2 fully saturated rings. The van der Waals surface area contributed by atoms with E-state index < -0.39 is 0 Å². The average Bonchev–Trinajstić information content (AvgIpc) is 3.41. The smallest absolute Gasteiger partial charge is 0.222 e. The van der Waals surface area contributed by atoms with Gasteiger partial charge >= 0.3 is 0 Å². The Balaban J connectivity index is 1.46. The molecular weight excluding hydrogens is 358 g/mol. The largest absolute Gasteiger partial charge is 0.383 e. The summed E-state index contributed by atoms with van der Waals surface area (Å²) in [5, 5.41) is 4.11. The third-order valence-electron chi connectivity index (χ3n) is 5.84. The summed E-state index contributed by atoms with van der Waals surface area (Å²) >= 11 is 0. The van der Waals surface area contributed by atoms with E-state index in [9.17, 15) is 4.79 Å². The van der Waals surface area contributed by atoms with E-state index in [1.807, 2.05) is 0 Å². The molecule has 0 spiro atoms. The highest BCUT2D eigenvalue weighted by atomic mass is 16.5. The van der Waals surface area contributed by atoms with E-state index in [-0.39, 0.29) is 12.0 Å². The lowest BCUT2D eigenvalue weighted by Gasteiger charge is -2.35. The first-order valence-corrected chi connectivity index (χ1v) is 10.7. The zero-order valence-electron chi connectivity index (χ0n) is 17.2. The SMILES string of the molecule is COCCN1CCC(CN(C[C@H]2CCCO2)C(=O)CCCn2cncn2)CC1. The lowest BCUT2D eigenvalue weighted by Crippen LogP contribution is -2.44. The van der Waals surface area contributed by atoms with E-state index in [1.165, 1.54) is 6.33 Å². The van der Waals surface area contributed by atoms with Gasteiger partial charge in [-0.25, -0.2) is 4.98 Å². The van der Waals surface area contributed by atoms with Crippen molar-refractivity contribution in [2.24, 2.45) is 5.92 Å². The highest BCUT2D eigenvalue weighted by molar-refractivity contribution is 5.76. The normalized spacial score (nSPS) is 21.2. The number of hydrogen-bond acceptors (Lipinski definition) is 6. The van der Waals surface area contributed by atoms with Crippen molar-refractivity contribution < 1.29 is 14.3 Å². The molecule has 0 aromatic carbocycles. The Morgan fingerprint density at radius 2 is 2.11 bits per heavy atom. The van der Waals surface area contributed by atoms with Gasteiger partial charge in [-0.15, -0.1) is 0 Å². The van der Waals surface area contributed by atoms with Crippen molar-refractivity contribution in [3.8, 4) is 0 Å². The predicted octanol–water partition coefficient (Wildman–Crippen LogP) is 1.42. The molecule has 1 amide bonds. The summed E-state index contributed by atoms with van der Waals surface area (Å²) in [6.07, 6.45) is 9.27. The number of piperidine rings is 1. The Morgan fingerprint density at radius 1 is 1.25 bits per heavy atom. The molecule has 28 heavy (non-hydrogen) atoms. The van der Waals surface area contributed by atoms with Crippen LogP contribution < -0.4 is 0 Å². The van der Waals surface area contributed by atoms with Crippen LogP contribution in [0.5, 0.6) is 0 Å². The van der Waals surface area contributed by atoms with E-state index in [4.69, 9.17) is 9.47 Å². The molecule has 0 aliphatic carbocycles. The molecule has 0 N–H and O–H groups in total. The zero-order valence-corrected chi connectivity index (χ0v) is 17.2. The molecule has 0 radical (unpaired) electrons. The van der Waals surface area contributed by atoms with Crippen LogP contribution in [0, 0.1) is 5.92 Å². The minimum atomic E-state index is 0.209. The van der Waals surface area contributed by atoms with E-state index >= 15 is 0 Å². The van der Waals surface area contributed by atoms with Crippen LogP contribution in [0.15, 0.2) is 12.7 Å². The molecule has 1 aromatic rings. The Labute approximate surface area is 168 Å². The number of likely N-dealkylation sites (tertiary alicyclic amines) is 1. The summed E-state index contributed by atoms with van der Waals surface area (Å²) < 4.78 is 12.8. The van der Waals surface area contributed by atoms with Gasteiger partial charge in [-0.1, -0.05) is 0 Å². The van der Waals surface area contributed by atoms with Crippen LogP contribution in [0.25, 0.3) is 0 Å². The Bertz CT molecular complexity index is 554. The molecule has 3 rings (SSSR count). The number of aryl methyl sites for hydroxylation is 1. The number of amides is 1. The molecule has 0 unspecified atom stereocenters. The maximum Gasteiger partial charge on any atom is 0.222 e. The quantitative estimate of drug-likeness (QED) is 0.566. The van der Waals surface area contributed by atoms with Gasteiger partial charge in [-0.2, -0.15) is 5.10 Å². The van der Waals surface area contributed by atoms with Gasteiger partial charge in [0.15, 0.2) is 0 Å². The maximum absolute atomic E-state index is 12.9. The van der Waals surface area contributed by atoms with Crippen LogP contribution in [-0.2, 0) is 20.8 Å². The van der Waals surface area contributed by atoms with Crippen molar-refractivity contribution in [3.63, 3.8) is 0 Å². The molecule has 0 bridgehead atoms. The van der Waals surface area contributed by atoms with Gasteiger partial charge in [-0.3, -0.25) is 9.48 Å². The molecule has 3 heterocycles. The van der Waals surface area contributed by atoms with Crippen LogP contribution in [0.4, 0.5) is 0 Å². The van der Waals surface area contributed by atoms with Gasteiger partial charge in [0.25, 0.3) is 0 Å². The number of methoxy groups -OCH3 is 1. The lowest BCUT2D eigenvalue weighted by atomic mass is 9.95. The fourth-order valence-corrected chi connectivity index (χ4v) is 4.14. The lowest BCUT2D eigenvalue weighted by molar-refractivity contribution is -0.134. The van der Waals surface area contributed by atoms with Gasteiger partial charge in [0.05, 0.1) is 12.7 Å². The van der Waals surface area contributed by atoms with E-state index in [0.717, 1.165) is 84.6 Å². The van der Waals surface area contributed by atoms with Gasteiger partial charge in [-0.05, 0) is 51.1 Å². The molecular formula is C20H35N5O3. The Morgan fingerprint density at radius 3 is 2.79 bits per heavy atom. The summed E-state index contributed by atoms with van der Waals surface area (Å²) in [7, 11) is 1.75. The number of aromatic nitrogens is 3. The maximum atomic E-state index is 12.9. The monoisotopic (exact) mass is 393 g/mol. The third-order valence-corrected chi connectivity index (χ3v) is 5.84. The minimum Gasteiger partial charge on any atom is -0.383 e. The van der Waals surface area contributed by atoms with Crippen LogP contribution in [0.3, 0.4) is 0 Å². The predicted molar refractivity (Wildman–Crippen MR) is 106 cm³/mol. The second-order valence-electron chi connectivity index (χ2n) is 7.97. The first-order valence-electron chi connectivity index (χ1n) is 10.7. The second-order valence-corrected chi connectivity index (χ2v) is 7.97. The van der Waals surface area contributed by atoms with E-state index in [2.05, 4.69) is 19.9 Å². The van der Waals surface area contributed by atoms with Crippen LogP contribution in [0.2, 0.25) is 0 Å². The van der Waals surface area contributed by atoms with Crippen molar-refractivity contribution in [2.75, 3.05) is 53.0 Å². The van der Waals surface area contributed by atoms with Gasteiger partial charge in [0.1, 0.15) is 12.7 Å². The fraction of sp³-hybridized carbons (Fsp3) is 0.850. The molecule has 158 valence electrons. The molecule has 0 saturated carbocycles. The summed E-state index contributed by atoms with van der Waals surface area (Å²) in [6, 6.07) is 0. The standard InChI is InChI=1S/C20H35N5O3/c1-27-13-11-23-9-6-18(7-10-23)14-24(15-19-4-3-12-28-19)20(26)5-2-8-25-17-21-16-22-25/h16-19H,2-15H2,1H3/t19-/m1/s1. The summed E-state index contributed by atoms with van der Waals surface area (Å²) in [5.41, 5.74) is 0. The van der Waals surface area contributed by atoms with Crippen molar-refractivity contribution in [1.82, 2.24) is 24.6 Å². The average molecular weight is 394 g/mol. The molecule has 8 nitrogen and oxygen atoms in total. The molecule has 1 atom stereocenters. The number of hydrogen-bond donors (Lipinski definition) is 0. The Hall–Kier alpha value is -1.51. The first-order chi connectivity index (χ1) is 13.7. The topological polar surface area (TPSA) is 72.7 Å². The summed E-state index contributed by atoms with van der Waals surface area (Å²) in [6.45, 7) is 7.16. The van der Waals surface area contributed by atoms with Crippen molar-refractivity contribution in [1.29, 1.82) is 0 Å². The molecule has 2 saturated heterocycles. The molecule has 2 aliphatic rings. The van der Waals surface area contributed by atoms with E-state index in [1.54, 1.807) is 18.1 Å². The summed E-state index contributed by atoms with van der Waals surface area (Å²) in [5.74, 6) is 0.830.